The maximum Gasteiger partial charge on any atom is 0.239 e. The summed E-state index contributed by atoms with van der Waals surface area (Å²) in [5.74, 6) is 0.450. The molecule has 1 fully saturated rings. The van der Waals surface area contributed by atoms with Gasteiger partial charge < -0.3 is 16.4 Å². The summed E-state index contributed by atoms with van der Waals surface area (Å²) in [5, 5.41) is 5.37. The van der Waals surface area contributed by atoms with Crippen LogP contribution < -0.4 is 16.4 Å². The van der Waals surface area contributed by atoms with Gasteiger partial charge in [-0.3, -0.25) is 9.59 Å². The van der Waals surface area contributed by atoms with Crippen molar-refractivity contribution in [1.82, 2.24) is 10.6 Å². The van der Waals surface area contributed by atoms with Gasteiger partial charge in [-0.1, -0.05) is 6.92 Å². The standard InChI is InChI=1S/C13H25N3O2/c1-3-15-11(17)8-16-12(18)13(9-14)6-4-10(2)5-7-13/h10H,3-9,14H2,1-2H3,(H,15,17)(H,16,18). The highest BCUT2D eigenvalue weighted by Crippen LogP contribution is 2.38. The first-order chi connectivity index (χ1) is 8.54. The number of carbonyl (C=O) groups is 2. The second-order valence-electron chi connectivity index (χ2n) is 5.30. The molecule has 18 heavy (non-hydrogen) atoms. The Morgan fingerprint density at radius 3 is 2.39 bits per heavy atom. The molecule has 0 aromatic heterocycles. The van der Waals surface area contributed by atoms with Crippen LogP contribution in [0.4, 0.5) is 0 Å². The van der Waals surface area contributed by atoms with E-state index in [4.69, 9.17) is 5.73 Å². The van der Waals surface area contributed by atoms with Crippen LogP contribution in [0.1, 0.15) is 39.5 Å². The Labute approximate surface area is 109 Å². The third-order valence-electron chi connectivity index (χ3n) is 3.89. The van der Waals surface area contributed by atoms with Gasteiger partial charge in [0.25, 0.3) is 0 Å². The topological polar surface area (TPSA) is 84.2 Å². The number of nitrogens with one attached hydrogen (secondary N) is 2. The quantitative estimate of drug-likeness (QED) is 0.664. The molecule has 0 spiro atoms. The molecule has 5 nitrogen and oxygen atoms in total. The minimum atomic E-state index is -0.459. The Bertz CT molecular complexity index is 297. The average Bonchev–Trinajstić information content (AvgIpc) is 2.38. The monoisotopic (exact) mass is 255 g/mol. The van der Waals surface area contributed by atoms with Gasteiger partial charge in [0, 0.05) is 13.1 Å². The fourth-order valence-electron chi connectivity index (χ4n) is 2.45. The van der Waals surface area contributed by atoms with Gasteiger partial charge in [-0.15, -0.1) is 0 Å². The van der Waals surface area contributed by atoms with Crippen molar-refractivity contribution in [3.8, 4) is 0 Å². The minimum Gasteiger partial charge on any atom is -0.355 e. The molecular formula is C13H25N3O2. The number of carbonyl (C=O) groups excluding carboxylic acids is 2. The van der Waals surface area contributed by atoms with Gasteiger partial charge in [-0.25, -0.2) is 0 Å². The fourth-order valence-corrected chi connectivity index (χ4v) is 2.45. The molecule has 0 heterocycles. The van der Waals surface area contributed by atoms with Gasteiger partial charge >= 0.3 is 0 Å². The number of hydrogen-bond acceptors (Lipinski definition) is 3. The Kier molecular flexibility index (Phi) is 5.59. The number of nitrogens with two attached hydrogens (primary N) is 1. The van der Waals surface area contributed by atoms with E-state index in [2.05, 4.69) is 17.6 Å². The van der Waals surface area contributed by atoms with Crippen molar-refractivity contribution < 1.29 is 9.59 Å². The van der Waals surface area contributed by atoms with E-state index in [1.165, 1.54) is 0 Å². The highest BCUT2D eigenvalue weighted by Gasteiger charge is 2.39. The summed E-state index contributed by atoms with van der Waals surface area (Å²) < 4.78 is 0. The summed E-state index contributed by atoms with van der Waals surface area (Å²) in [6, 6.07) is 0. The molecule has 0 saturated heterocycles. The summed E-state index contributed by atoms with van der Waals surface area (Å²) in [4.78, 5) is 23.5. The van der Waals surface area contributed by atoms with E-state index < -0.39 is 5.41 Å². The molecule has 0 bridgehead atoms. The Morgan fingerprint density at radius 2 is 1.89 bits per heavy atom. The van der Waals surface area contributed by atoms with E-state index in [0.717, 1.165) is 25.7 Å². The largest absolute Gasteiger partial charge is 0.355 e. The lowest BCUT2D eigenvalue weighted by molar-refractivity contribution is -0.134. The number of amides is 2. The number of hydrogen-bond donors (Lipinski definition) is 3. The van der Waals surface area contributed by atoms with Crippen LogP contribution in [0.15, 0.2) is 0 Å². The van der Waals surface area contributed by atoms with Crippen LogP contribution in [0.3, 0.4) is 0 Å². The first-order valence-corrected chi connectivity index (χ1v) is 6.79. The van der Waals surface area contributed by atoms with Gasteiger partial charge in [0.2, 0.25) is 11.8 Å². The molecular weight excluding hydrogens is 230 g/mol. The first kappa shape index (κ1) is 15.0. The molecule has 1 aliphatic carbocycles. The maximum atomic E-state index is 12.2. The molecule has 5 heteroatoms. The van der Waals surface area contributed by atoms with Gasteiger partial charge in [0.1, 0.15) is 0 Å². The SMILES string of the molecule is CCNC(=O)CNC(=O)C1(CN)CCC(C)CC1. The lowest BCUT2D eigenvalue weighted by Gasteiger charge is -2.37. The van der Waals surface area contributed by atoms with Gasteiger partial charge in [-0.2, -0.15) is 0 Å². The minimum absolute atomic E-state index is 0.0456. The predicted octanol–water partition coefficient (Wildman–Crippen LogP) is 0.394. The fraction of sp³-hybridized carbons (Fsp3) is 0.846. The zero-order valence-electron chi connectivity index (χ0n) is 11.4. The Balaban J connectivity index is 2.49. The zero-order valence-corrected chi connectivity index (χ0v) is 11.4. The van der Waals surface area contributed by atoms with E-state index >= 15 is 0 Å². The van der Waals surface area contributed by atoms with Gasteiger partial charge in [0.05, 0.1) is 12.0 Å². The van der Waals surface area contributed by atoms with Crippen LogP contribution in [0.5, 0.6) is 0 Å². The van der Waals surface area contributed by atoms with E-state index in [1.54, 1.807) is 0 Å². The van der Waals surface area contributed by atoms with Crippen molar-refractivity contribution in [3.05, 3.63) is 0 Å². The second kappa shape index (κ2) is 6.73. The summed E-state index contributed by atoms with van der Waals surface area (Å²) in [6.07, 6.45) is 3.72. The Morgan fingerprint density at radius 1 is 1.28 bits per heavy atom. The summed E-state index contributed by atoms with van der Waals surface area (Å²) in [6.45, 7) is 5.04. The molecule has 0 unspecified atom stereocenters. The molecule has 4 N–H and O–H groups in total. The van der Waals surface area contributed by atoms with E-state index in [0.29, 0.717) is 19.0 Å². The molecule has 0 aromatic carbocycles. The van der Waals surface area contributed by atoms with Crippen molar-refractivity contribution in [3.63, 3.8) is 0 Å². The van der Waals surface area contributed by atoms with Crippen LogP contribution in [-0.2, 0) is 9.59 Å². The van der Waals surface area contributed by atoms with Crippen LogP contribution >= 0.6 is 0 Å². The van der Waals surface area contributed by atoms with Gasteiger partial charge in [-0.05, 0) is 38.5 Å². The Hall–Kier alpha value is -1.10. The van der Waals surface area contributed by atoms with Crippen molar-refractivity contribution in [2.24, 2.45) is 17.1 Å². The molecule has 1 aliphatic rings. The molecule has 0 aliphatic heterocycles. The lowest BCUT2D eigenvalue weighted by Crippen LogP contribution is -2.50. The normalized spacial score (nSPS) is 27.6. The molecule has 0 radical (unpaired) electrons. The smallest absolute Gasteiger partial charge is 0.239 e. The molecule has 0 atom stereocenters. The highest BCUT2D eigenvalue weighted by atomic mass is 16.2. The summed E-state index contributed by atoms with van der Waals surface area (Å²) >= 11 is 0. The molecule has 0 aromatic rings. The summed E-state index contributed by atoms with van der Waals surface area (Å²) in [7, 11) is 0. The van der Waals surface area contributed by atoms with E-state index in [1.807, 2.05) is 6.92 Å². The van der Waals surface area contributed by atoms with Crippen LogP contribution in [-0.4, -0.2) is 31.4 Å². The van der Waals surface area contributed by atoms with Crippen molar-refractivity contribution >= 4 is 11.8 Å². The summed E-state index contributed by atoms with van der Waals surface area (Å²) in [5.41, 5.74) is 5.33. The first-order valence-electron chi connectivity index (χ1n) is 6.79. The average molecular weight is 255 g/mol. The van der Waals surface area contributed by atoms with Crippen molar-refractivity contribution in [2.45, 2.75) is 39.5 Å². The molecule has 1 rings (SSSR count). The van der Waals surface area contributed by atoms with Crippen LogP contribution in [0.25, 0.3) is 0 Å². The van der Waals surface area contributed by atoms with Crippen LogP contribution in [0.2, 0.25) is 0 Å². The van der Waals surface area contributed by atoms with Crippen molar-refractivity contribution in [2.75, 3.05) is 19.6 Å². The zero-order chi connectivity index (χ0) is 13.6. The maximum absolute atomic E-state index is 12.2. The third-order valence-corrected chi connectivity index (χ3v) is 3.89. The molecule has 104 valence electrons. The highest BCUT2D eigenvalue weighted by molar-refractivity contribution is 5.88. The van der Waals surface area contributed by atoms with Gasteiger partial charge in [0.15, 0.2) is 0 Å². The lowest BCUT2D eigenvalue weighted by atomic mass is 9.70. The van der Waals surface area contributed by atoms with E-state index in [-0.39, 0.29) is 18.4 Å². The number of likely N-dealkylation sites (N-methyl/N-ethyl adjacent to an activating group) is 1. The third kappa shape index (κ3) is 3.70. The van der Waals surface area contributed by atoms with Crippen LogP contribution in [0, 0.1) is 11.3 Å². The predicted molar refractivity (Wildman–Crippen MR) is 70.8 cm³/mol. The molecule has 1 saturated carbocycles. The second-order valence-corrected chi connectivity index (χ2v) is 5.30. The van der Waals surface area contributed by atoms with Crippen molar-refractivity contribution in [1.29, 1.82) is 0 Å². The molecule has 2 amide bonds. The number of rotatable bonds is 5. The van der Waals surface area contributed by atoms with E-state index in [9.17, 15) is 9.59 Å².